The summed E-state index contributed by atoms with van der Waals surface area (Å²) in [4.78, 5) is 34.4. The number of likely N-dealkylation sites (tertiary alicyclic amines) is 1. The molecule has 2 aliphatic rings. The van der Waals surface area contributed by atoms with Crippen LogP contribution in [0.25, 0.3) is 0 Å². The number of carbonyl (C=O) groups excluding carboxylic acids is 2. The number of carbonyl (C=O) groups is 2. The SMILES string of the molecule is CCN(CC)C(=O)[C@H]1CCCN(C(=O)[C@@H]2CC(Cc3cccc(F)c3)=NO2)C1. The van der Waals surface area contributed by atoms with Crippen LogP contribution in [0.5, 0.6) is 0 Å². The number of benzene rings is 1. The van der Waals surface area contributed by atoms with Crippen LogP contribution in [0.3, 0.4) is 0 Å². The van der Waals surface area contributed by atoms with Crippen LogP contribution in [0.2, 0.25) is 0 Å². The maximum Gasteiger partial charge on any atom is 0.266 e. The van der Waals surface area contributed by atoms with Crippen LogP contribution in [0, 0.1) is 11.7 Å². The molecule has 0 radical (unpaired) electrons. The first-order valence-corrected chi connectivity index (χ1v) is 10.0. The molecule has 0 aromatic heterocycles. The van der Waals surface area contributed by atoms with Crippen LogP contribution in [-0.2, 0) is 20.8 Å². The van der Waals surface area contributed by atoms with E-state index in [4.69, 9.17) is 4.84 Å². The number of rotatable bonds is 6. The van der Waals surface area contributed by atoms with Gasteiger partial charge in [-0.15, -0.1) is 0 Å². The standard InChI is InChI=1S/C21H28FN3O3/c1-3-24(4-2)20(26)16-8-6-10-25(14-16)21(27)19-13-18(23-28-19)12-15-7-5-9-17(22)11-15/h5,7,9,11,16,19H,3-4,6,8,10,12-14H2,1-2H3/t16-,19-/m0/s1. The van der Waals surface area contributed by atoms with Gasteiger partial charge >= 0.3 is 0 Å². The van der Waals surface area contributed by atoms with E-state index in [9.17, 15) is 14.0 Å². The fraction of sp³-hybridized carbons (Fsp3) is 0.571. The Kier molecular flexibility index (Phi) is 6.65. The van der Waals surface area contributed by atoms with E-state index in [2.05, 4.69) is 5.16 Å². The summed E-state index contributed by atoms with van der Waals surface area (Å²) >= 11 is 0. The quantitative estimate of drug-likeness (QED) is 0.751. The zero-order chi connectivity index (χ0) is 20.1. The van der Waals surface area contributed by atoms with Gasteiger partial charge in [-0.2, -0.15) is 0 Å². The van der Waals surface area contributed by atoms with Crippen LogP contribution < -0.4 is 0 Å². The zero-order valence-corrected chi connectivity index (χ0v) is 16.6. The van der Waals surface area contributed by atoms with Crippen molar-refractivity contribution in [1.82, 2.24) is 9.80 Å². The second kappa shape index (κ2) is 9.17. The number of hydrogen-bond acceptors (Lipinski definition) is 4. The Morgan fingerprint density at radius 3 is 2.82 bits per heavy atom. The van der Waals surface area contributed by atoms with E-state index in [1.165, 1.54) is 12.1 Å². The number of halogens is 1. The lowest BCUT2D eigenvalue weighted by atomic mass is 9.95. The smallest absolute Gasteiger partial charge is 0.266 e. The summed E-state index contributed by atoms with van der Waals surface area (Å²) in [5, 5.41) is 4.04. The van der Waals surface area contributed by atoms with Crippen molar-refractivity contribution in [3.63, 3.8) is 0 Å². The van der Waals surface area contributed by atoms with Gasteiger partial charge in [0.1, 0.15) is 5.82 Å². The molecular weight excluding hydrogens is 361 g/mol. The van der Waals surface area contributed by atoms with Crippen LogP contribution in [0.1, 0.15) is 38.7 Å². The lowest BCUT2D eigenvalue weighted by molar-refractivity contribution is -0.147. The third-order valence-corrected chi connectivity index (χ3v) is 5.46. The van der Waals surface area contributed by atoms with Crippen molar-refractivity contribution in [2.75, 3.05) is 26.2 Å². The topological polar surface area (TPSA) is 62.2 Å². The molecule has 2 amide bonds. The number of oxime groups is 1. The van der Waals surface area contributed by atoms with E-state index in [-0.39, 0.29) is 23.5 Å². The largest absolute Gasteiger partial charge is 0.382 e. The molecule has 1 saturated heterocycles. The van der Waals surface area contributed by atoms with Gasteiger partial charge in [0.15, 0.2) is 0 Å². The van der Waals surface area contributed by atoms with Gasteiger partial charge < -0.3 is 14.6 Å². The van der Waals surface area contributed by atoms with E-state index in [1.807, 2.05) is 24.8 Å². The molecule has 2 atom stereocenters. The monoisotopic (exact) mass is 389 g/mol. The fourth-order valence-corrected chi connectivity index (χ4v) is 3.92. The molecule has 0 saturated carbocycles. The van der Waals surface area contributed by atoms with Crippen molar-refractivity contribution in [2.24, 2.45) is 11.1 Å². The first kappa shape index (κ1) is 20.3. The summed E-state index contributed by atoms with van der Waals surface area (Å²) in [6, 6.07) is 6.35. The number of hydrogen-bond donors (Lipinski definition) is 0. The van der Waals surface area contributed by atoms with E-state index in [1.54, 1.807) is 11.0 Å². The number of piperidine rings is 1. The molecule has 28 heavy (non-hydrogen) atoms. The molecule has 7 heteroatoms. The summed E-state index contributed by atoms with van der Waals surface area (Å²) in [5.74, 6) is -0.429. The molecule has 3 rings (SSSR count). The molecule has 1 aromatic rings. The van der Waals surface area contributed by atoms with E-state index in [0.717, 1.165) is 24.1 Å². The lowest BCUT2D eigenvalue weighted by Crippen LogP contribution is -2.49. The van der Waals surface area contributed by atoms with Crippen molar-refractivity contribution in [3.05, 3.63) is 35.6 Å². The van der Waals surface area contributed by atoms with Crippen molar-refractivity contribution < 1.29 is 18.8 Å². The Labute approximate surface area is 165 Å². The van der Waals surface area contributed by atoms with Crippen molar-refractivity contribution in [3.8, 4) is 0 Å². The van der Waals surface area contributed by atoms with E-state index >= 15 is 0 Å². The van der Waals surface area contributed by atoms with Crippen molar-refractivity contribution >= 4 is 17.5 Å². The molecule has 0 bridgehead atoms. The van der Waals surface area contributed by atoms with Gasteiger partial charge in [0.25, 0.3) is 5.91 Å². The summed E-state index contributed by atoms with van der Waals surface area (Å²) in [7, 11) is 0. The highest BCUT2D eigenvalue weighted by atomic mass is 19.1. The first-order chi connectivity index (χ1) is 13.5. The molecule has 0 unspecified atom stereocenters. The van der Waals surface area contributed by atoms with Crippen LogP contribution in [0.15, 0.2) is 29.4 Å². The van der Waals surface area contributed by atoms with Gasteiger partial charge in [-0.25, -0.2) is 4.39 Å². The van der Waals surface area contributed by atoms with Crippen LogP contribution in [-0.4, -0.2) is 59.6 Å². The lowest BCUT2D eigenvalue weighted by Gasteiger charge is -2.35. The average Bonchev–Trinajstić information content (AvgIpc) is 3.16. The minimum Gasteiger partial charge on any atom is -0.382 e. The predicted molar refractivity (Wildman–Crippen MR) is 104 cm³/mol. The zero-order valence-electron chi connectivity index (χ0n) is 16.6. The number of amides is 2. The van der Waals surface area contributed by atoms with E-state index < -0.39 is 6.10 Å². The highest BCUT2D eigenvalue weighted by molar-refractivity contribution is 5.94. The predicted octanol–water partition coefficient (Wildman–Crippen LogP) is 2.62. The van der Waals surface area contributed by atoms with Crippen LogP contribution >= 0.6 is 0 Å². The van der Waals surface area contributed by atoms with Gasteiger partial charge in [0, 0.05) is 39.0 Å². The second-order valence-electron chi connectivity index (χ2n) is 7.40. The van der Waals surface area contributed by atoms with Gasteiger partial charge in [0.05, 0.1) is 11.6 Å². The number of nitrogens with zero attached hydrogens (tertiary/aromatic N) is 3. The summed E-state index contributed by atoms with van der Waals surface area (Å²) in [5.41, 5.74) is 1.54. The summed E-state index contributed by atoms with van der Waals surface area (Å²) < 4.78 is 13.3. The average molecular weight is 389 g/mol. The maximum absolute atomic E-state index is 13.3. The molecule has 1 aromatic carbocycles. The molecule has 1 fully saturated rings. The highest BCUT2D eigenvalue weighted by Gasteiger charge is 2.36. The highest BCUT2D eigenvalue weighted by Crippen LogP contribution is 2.23. The molecule has 0 N–H and O–H groups in total. The van der Waals surface area contributed by atoms with E-state index in [0.29, 0.717) is 39.0 Å². The third-order valence-electron chi connectivity index (χ3n) is 5.46. The van der Waals surface area contributed by atoms with Gasteiger partial charge in [-0.05, 0) is 44.4 Å². The minimum atomic E-state index is -0.647. The molecule has 6 nitrogen and oxygen atoms in total. The molecule has 0 aliphatic carbocycles. The Balaban J connectivity index is 1.55. The second-order valence-corrected chi connectivity index (χ2v) is 7.40. The van der Waals surface area contributed by atoms with Gasteiger partial charge in [-0.1, -0.05) is 17.3 Å². The van der Waals surface area contributed by atoms with Gasteiger partial charge in [0.2, 0.25) is 12.0 Å². The molecule has 152 valence electrons. The molecule has 2 heterocycles. The maximum atomic E-state index is 13.3. The Morgan fingerprint density at radius 1 is 1.32 bits per heavy atom. The third kappa shape index (κ3) is 4.69. The summed E-state index contributed by atoms with van der Waals surface area (Å²) in [6.45, 7) is 6.38. The minimum absolute atomic E-state index is 0.116. The van der Waals surface area contributed by atoms with Crippen molar-refractivity contribution in [1.29, 1.82) is 0 Å². The summed E-state index contributed by atoms with van der Waals surface area (Å²) in [6.07, 6.45) is 1.84. The Morgan fingerprint density at radius 2 is 2.11 bits per heavy atom. The fourth-order valence-electron chi connectivity index (χ4n) is 3.92. The van der Waals surface area contributed by atoms with Gasteiger partial charge in [-0.3, -0.25) is 9.59 Å². The van der Waals surface area contributed by atoms with Crippen LogP contribution in [0.4, 0.5) is 4.39 Å². The first-order valence-electron chi connectivity index (χ1n) is 10.0. The normalized spacial score (nSPS) is 21.8. The molecule has 2 aliphatic heterocycles. The Hall–Kier alpha value is -2.44. The molecule has 0 spiro atoms. The Bertz CT molecular complexity index is 748. The van der Waals surface area contributed by atoms with Crippen molar-refractivity contribution in [2.45, 2.75) is 45.6 Å². The molecular formula is C21H28FN3O3.